The van der Waals surface area contributed by atoms with Crippen LogP contribution in [0.2, 0.25) is 0 Å². The summed E-state index contributed by atoms with van der Waals surface area (Å²) in [6.45, 7) is 0. The van der Waals surface area contributed by atoms with Gasteiger partial charge in [-0.1, -0.05) is 0 Å². The van der Waals surface area contributed by atoms with E-state index in [1.165, 1.54) is 0 Å². The molecule has 0 heterocycles. The third kappa shape index (κ3) is 1.54. The van der Waals surface area contributed by atoms with E-state index >= 15 is 0 Å². The van der Waals surface area contributed by atoms with E-state index in [1.807, 2.05) is 5.32 Å². The van der Waals surface area contributed by atoms with Gasteiger partial charge in [0.1, 0.15) is 0 Å². The standard InChI is InChI=1S/C9H10F3NO3/c10-9(11,12)6(14)13-5-1-2-8(7(15)16)3-4(5)8/h4-5H,1-3H2,(H,13,14)(H,15,16)/t4-,5-,8+/m0/s1. The lowest BCUT2D eigenvalue weighted by Gasteiger charge is -2.14. The van der Waals surface area contributed by atoms with Gasteiger partial charge in [0, 0.05) is 6.04 Å². The predicted octanol–water partition coefficient (Wildman–Crippen LogP) is 0.918. The third-order valence-electron chi connectivity index (χ3n) is 3.52. The van der Waals surface area contributed by atoms with Crippen molar-refractivity contribution in [2.24, 2.45) is 11.3 Å². The zero-order chi connectivity index (χ0) is 12.1. The lowest BCUT2D eigenvalue weighted by Crippen LogP contribution is -2.43. The van der Waals surface area contributed by atoms with Crippen LogP contribution in [0.1, 0.15) is 19.3 Å². The fraction of sp³-hybridized carbons (Fsp3) is 0.778. The maximum atomic E-state index is 12.0. The number of carboxylic acid groups (broad SMARTS) is 1. The summed E-state index contributed by atoms with van der Waals surface area (Å²) in [7, 11) is 0. The largest absolute Gasteiger partial charge is 0.481 e. The Bertz CT molecular complexity index is 354. The van der Waals surface area contributed by atoms with E-state index in [1.54, 1.807) is 0 Å². The number of hydrogen-bond donors (Lipinski definition) is 2. The summed E-state index contributed by atoms with van der Waals surface area (Å²) in [6, 6.07) is -0.648. The first kappa shape index (κ1) is 11.2. The fourth-order valence-corrected chi connectivity index (χ4v) is 2.54. The minimum atomic E-state index is -4.90. The quantitative estimate of drug-likeness (QED) is 0.750. The van der Waals surface area contributed by atoms with Crippen molar-refractivity contribution in [1.29, 1.82) is 0 Å². The molecule has 0 bridgehead atoms. The summed E-state index contributed by atoms with van der Waals surface area (Å²) in [5, 5.41) is 10.8. The lowest BCUT2D eigenvalue weighted by molar-refractivity contribution is -0.174. The van der Waals surface area contributed by atoms with Crippen LogP contribution in [0.5, 0.6) is 0 Å². The van der Waals surface area contributed by atoms with Gasteiger partial charge in [-0.15, -0.1) is 0 Å². The van der Waals surface area contributed by atoms with Gasteiger partial charge in [-0.3, -0.25) is 9.59 Å². The molecular formula is C9H10F3NO3. The molecule has 0 saturated heterocycles. The number of aliphatic carboxylic acids is 1. The van der Waals surface area contributed by atoms with E-state index in [4.69, 9.17) is 5.11 Å². The van der Waals surface area contributed by atoms with Gasteiger partial charge in [-0.05, 0) is 25.2 Å². The Morgan fingerprint density at radius 2 is 2.00 bits per heavy atom. The van der Waals surface area contributed by atoms with Crippen molar-refractivity contribution in [3.63, 3.8) is 0 Å². The van der Waals surface area contributed by atoms with Gasteiger partial charge in [0.25, 0.3) is 0 Å². The first-order valence-corrected chi connectivity index (χ1v) is 4.88. The Morgan fingerprint density at radius 3 is 2.38 bits per heavy atom. The molecule has 0 aliphatic heterocycles. The molecule has 2 N–H and O–H groups in total. The van der Waals surface area contributed by atoms with Crippen LogP contribution in [0.3, 0.4) is 0 Å². The van der Waals surface area contributed by atoms with Crippen LogP contribution in [0, 0.1) is 11.3 Å². The third-order valence-corrected chi connectivity index (χ3v) is 3.52. The Labute approximate surface area is 88.8 Å². The van der Waals surface area contributed by atoms with Crippen molar-refractivity contribution in [2.45, 2.75) is 31.5 Å². The molecule has 2 rings (SSSR count). The van der Waals surface area contributed by atoms with Gasteiger partial charge >= 0.3 is 18.1 Å². The van der Waals surface area contributed by atoms with E-state index in [0.29, 0.717) is 19.3 Å². The molecule has 90 valence electrons. The zero-order valence-corrected chi connectivity index (χ0v) is 8.17. The number of amides is 1. The molecule has 16 heavy (non-hydrogen) atoms. The maximum absolute atomic E-state index is 12.0. The molecule has 0 aromatic rings. The highest BCUT2D eigenvalue weighted by atomic mass is 19.4. The minimum Gasteiger partial charge on any atom is -0.481 e. The summed E-state index contributed by atoms with van der Waals surface area (Å²) >= 11 is 0. The minimum absolute atomic E-state index is 0.304. The number of fused-ring (bicyclic) bond motifs is 1. The molecule has 7 heteroatoms. The predicted molar refractivity (Wildman–Crippen MR) is 45.4 cm³/mol. The Kier molecular flexibility index (Phi) is 2.18. The first-order chi connectivity index (χ1) is 7.27. The van der Waals surface area contributed by atoms with E-state index in [9.17, 15) is 22.8 Å². The second-order valence-corrected chi connectivity index (χ2v) is 4.39. The molecule has 0 radical (unpaired) electrons. The lowest BCUT2D eigenvalue weighted by atomic mass is 10.1. The van der Waals surface area contributed by atoms with Crippen LogP contribution < -0.4 is 5.32 Å². The molecule has 2 saturated carbocycles. The van der Waals surface area contributed by atoms with Crippen LogP contribution >= 0.6 is 0 Å². The van der Waals surface area contributed by atoms with Gasteiger partial charge in [-0.25, -0.2) is 0 Å². The van der Waals surface area contributed by atoms with Crippen molar-refractivity contribution in [1.82, 2.24) is 5.32 Å². The molecule has 2 aliphatic carbocycles. The molecular weight excluding hydrogens is 227 g/mol. The SMILES string of the molecule is O=C(N[C@H]1CC[C@@]2(C(=O)O)C[C@@H]12)C(F)(F)F. The first-order valence-electron chi connectivity index (χ1n) is 4.88. The molecule has 2 aliphatic rings. The number of halogens is 3. The molecule has 0 aromatic carbocycles. The van der Waals surface area contributed by atoms with Gasteiger partial charge in [0.2, 0.25) is 0 Å². The number of alkyl halides is 3. The Hall–Kier alpha value is -1.27. The number of hydrogen-bond acceptors (Lipinski definition) is 2. The smallest absolute Gasteiger partial charge is 0.471 e. The number of carbonyl (C=O) groups is 2. The van der Waals surface area contributed by atoms with Crippen molar-refractivity contribution < 1.29 is 27.9 Å². The van der Waals surface area contributed by atoms with E-state index in [-0.39, 0.29) is 5.92 Å². The molecule has 1 amide bonds. The van der Waals surface area contributed by atoms with Crippen molar-refractivity contribution >= 4 is 11.9 Å². The molecule has 0 unspecified atom stereocenters. The highest BCUT2D eigenvalue weighted by Crippen LogP contribution is 2.63. The normalized spacial score (nSPS) is 36.7. The number of rotatable bonds is 2. The van der Waals surface area contributed by atoms with Gasteiger partial charge < -0.3 is 10.4 Å². The monoisotopic (exact) mass is 237 g/mol. The summed E-state index contributed by atoms with van der Waals surface area (Å²) in [5.41, 5.74) is -0.871. The molecule has 0 spiro atoms. The highest BCUT2D eigenvalue weighted by Gasteiger charge is 2.67. The number of nitrogens with one attached hydrogen (secondary N) is 1. The fourth-order valence-electron chi connectivity index (χ4n) is 2.54. The average molecular weight is 237 g/mol. The van der Waals surface area contributed by atoms with Crippen molar-refractivity contribution in [2.75, 3.05) is 0 Å². The molecule has 0 aromatic heterocycles. The van der Waals surface area contributed by atoms with Crippen LogP contribution in [-0.2, 0) is 9.59 Å². The van der Waals surface area contributed by atoms with E-state index in [0.717, 1.165) is 0 Å². The summed E-state index contributed by atoms with van der Waals surface area (Å²) in [6.07, 6.45) is -3.89. The van der Waals surface area contributed by atoms with Gasteiger partial charge in [-0.2, -0.15) is 13.2 Å². The molecule has 4 nitrogen and oxygen atoms in total. The van der Waals surface area contributed by atoms with Crippen LogP contribution in [0.4, 0.5) is 13.2 Å². The summed E-state index contributed by atoms with van der Waals surface area (Å²) in [4.78, 5) is 21.5. The zero-order valence-electron chi connectivity index (χ0n) is 8.17. The Balaban J connectivity index is 1.97. The van der Waals surface area contributed by atoms with Crippen molar-refractivity contribution in [3.8, 4) is 0 Å². The highest BCUT2D eigenvalue weighted by molar-refractivity contribution is 5.83. The average Bonchev–Trinajstić information content (AvgIpc) is 2.79. The summed E-state index contributed by atoms with van der Waals surface area (Å²) in [5.74, 6) is -3.29. The van der Waals surface area contributed by atoms with E-state index < -0.39 is 29.5 Å². The second-order valence-electron chi connectivity index (χ2n) is 4.39. The van der Waals surface area contributed by atoms with Gasteiger partial charge in [0.15, 0.2) is 0 Å². The molecule has 3 atom stereocenters. The Morgan fingerprint density at radius 1 is 1.38 bits per heavy atom. The summed E-state index contributed by atoms with van der Waals surface area (Å²) < 4.78 is 35.9. The van der Waals surface area contributed by atoms with Crippen LogP contribution in [-0.4, -0.2) is 29.2 Å². The second kappa shape index (κ2) is 3.11. The molecule has 2 fully saturated rings. The van der Waals surface area contributed by atoms with Crippen molar-refractivity contribution in [3.05, 3.63) is 0 Å². The van der Waals surface area contributed by atoms with E-state index in [2.05, 4.69) is 0 Å². The maximum Gasteiger partial charge on any atom is 0.471 e. The topological polar surface area (TPSA) is 66.4 Å². The number of carbonyl (C=O) groups excluding carboxylic acids is 1. The van der Waals surface area contributed by atoms with Crippen LogP contribution in [0.15, 0.2) is 0 Å². The van der Waals surface area contributed by atoms with Crippen LogP contribution in [0.25, 0.3) is 0 Å². The number of carboxylic acids is 1. The van der Waals surface area contributed by atoms with Gasteiger partial charge in [0.05, 0.1) is 5.41 Å².